The summed E-state index contributed by atoms with van der Waals surface area (Å²) in [5, 5.41) is 7.56. The van der Waals surface area contributed by atoms with Gasteiger partial charge in [-0.3, -0.25) is 4.79 Å². The molecule has 0 spiro atoms. The first-order chi connectivity index (χ1) is 19.9. The Balaban J connectivity index is 1.19. The summed E-state index contributed by atoms with van der Waals surface area (Å²) in [5.74, 6) is 0.883. The fourth-order valence-corrected chi connectivity index (χ4v) is 5.15. The van der Waals surface area contributed by atoms with Gasteiger partial charge >= 0.3 is 5.97 Å². The Morgan fingerprint density at radius 2 is 1.63 bits per heavy atom. The number of halogens is 1. The molecule has 0 saturated heterocycles. The zero-order valence-corrected chi connectivity index (χ0v) is 23.0. The standard InChI is InChI=1S/C34H30FN3O3/c1-3-40-33(39)34(18-19-34)27-16-14-25(15-17-27)24-10-12-26(13-11-24)32-31(22(2)38-41-32)37-30-9-5-8-29(36-30)21-23-6-4-7-28(35)20-23/h4-17,20H,3,18-19,21H2,1-2H3,(H,36,37). The van der Waals surface area contributed by atoms with Crippen molar-refractivity contribution in [2.45, 2.75) is 38.5 Å². The number of hydrogen-bond donors (Lipinski definition) is 1. The van der Waals surface area contributed by atoms with Crippen LogP contribution in [0, 0.1) is 12.7 Å². The van der Waals surface area contributed by atoms with E-state index in [1.165, 1.54) is 12.1 Å². The lowest BCUT2D eigenvalue weighted by Crippen LogP contribution is -2.23. The number of anilines is 2. The molecule has 0 unspecified atom stereocenters. The number of aryl methyl sites for hydroxylation is 1. The second kappa shape index (κ2) is 11.0. The van der Waals surface area contributed by atoms with Crippen molar-refractivity contribution in [1.82, 2.24) is 10.1 Å². The lowest BCUT2D eigenvalue weighted by atomic mass is 9.93. The van der Waals surface area contributed by atoms with Gasteiger partial charge in [0, 0.05) is 17.7 Å². The van der Waals surface area contributed by atoms with Crippen LogP contribution in [0.1, 0.15) is 42.3 Å². The van der Waals surface area contributed by atoms with E-state index < -0.39 is 5.41 Å². The van der Waals surface area contributed by atoms with Crippen molar-refractivity contribution >= 4 is 17.5 Å². The normalized spacial score (nSPS) is 13.5. The molecule has 1 saturated carbocycles. The van der Waals surface area contributed by atoms with E-state index in [2.05, 4.69) is 22.6 Å². The smallest absolute Gasteiger partial charge is 0.316 e. The van der Waals surface area contributed by atoms with E-state index in [4.69, 9.17) is 14.2 Å². The molecular weight excluding hydrogens is 517 g/mol. The Hall–Kier alpha value is -4.78. The molecule has 1 fully saturated rings. The van der Waals surface area contributed by atoms with Crippen molar-refractivity contribution in [3.63, 3.8) is 0 Å². The van der Waals surface area contributed by atoms with E-state index in [0.717, 1.165) is 52.0 Å². The third-order valence-corrected chi connectivity index (χ3v) is 7.53. The first kappa shape index (κ1) is 26.4. The predicted octanol–water partition coefficient (Wildman–Crippen LogP) is 7.78. The van der Waals surface area contributed by atoms with Crippen molar-refractivity contribution < 1.29 is 18.4 Å². The van der Waals surface area contributed by atoms with Crippen molar-refractivity contribution in [2.75, 3.05) is 11.9 Å². The molecule has 0 atom stereocenters. The van der Waals surface area contributed by atoms with E-state index in [1.807, 2.05) is 74.5 Å². The Bertz CT molecular complexity index is 1690. The molecule has 1 aliphatic rings. The van der Waals surface area contributed by atoms with Gasteiger partial charge in [0.1, 0.15) is 23.0 Å². The molecule has 2 heterocycles. The molecule has 6 rings (SSSR count). The number of rotatable bonds is 9. The van der Waals surface area contributed by atoms with Crippen molar-refractivity contribution in [2.24, 2.45) is 0 Å². The molecule has 5 aromatic rings. The van der Waals surface area contributed by atoms with E-state index in [0.29, 0.717) is 30.3 Å². The molecule has 0 bridgehead atoms. The molecule has 2 aromatic heterocycles. The lowest BCUT2D eigenvalue weighted by Gasteiger charge is -2.14. The SMILES string of the molecule is CCOC(=O)C1(c2ccc(-c3ccc(-c4onc(C)c4Nc4cccc(Cc5cccc(F)c5)n4)cc3)cc2)CC1. The third-order valence-electron chi connectivity index (χ3n) is 7.53. The van der Waals surface area contributed by atoms with E-state index in [1.54, 1.807) is 6.07 Å². The maximum Gasteiger partial charge on any atom is 0.316 e. The number of esters is 1. The van der Waals surface area contributed by atoms with E-state index >= 15 is 0 Å². The largest absolute Gasteiger partial charge is 0.465 e. The third kappa shape index (κ3) is 5.48. The zero-order valence-electron chi connectivity index (χ0n) is 23.0. The fourth-order valence-electron chi connectivity index (χ4n) is 5.15. The maximum absolute atomic E-state index is 13.6. The highest BCUT2D eigenvalue weighted by Gasteiger charge is 2.52. The van der Waals surface area contributed by atoms with Gasteiger partial charge in [-0.25, -0.2) is 9.37 Å². The molecule has 1 aliphatic carbocycles. The van der Waals surface area contributed by atoms with Crippen molar-refractivity contribution in [1.29, 1.82) is 0 Å². The lowest BCUT2D eigenvalue weighted by molar-refractivity contribution is -0.146. The van der Waals surface area contributed by atoms with Crippen LogP contribution in [0.15, 0.2) is 95.5 Å². The highest BCUT2D eigenvalue weighted by atomic mass is 19.1. The van der Waals surface area contributed by atoms with Crippen LogP contribution in [0.4, 0.5) is 15.9 Å². The van der Waals surface area contributed by atoms with Crippen molar-refractivity contribution in [3.8, 4) is 22.5 Å². The van der Waals surface area contributed by atoms with Crippen LogP contribution in [0.25, 0.3) is 22.5 Å². The molecule has 3 aromatic carbocycles. The molecule has 41 heavy (non-hydrogen) atoms. The number of pyridine rings is 1. The van der Waals surface area contributed by atoms with Gasteiger partial charge in [0.25, 0.3) is 0 Å². The predicted molar refractivity (Wildman–Crippen MR) is 156 cm³/mol. The monoisotopic (exact) mass is 547 g/mol. The van der Waals surface area contributed by atoms with Crippen LogP contribution in [0.2, 0.25) is 0 Å². The summed E-state index contributed by atoms with van der Waals surface area (Å²) >= 11 is 0. The zero-order chi connectivity index (χ0) is 28.4. The van der Waals surface area contributed by atoms with Crippen molar-refractivity contribution in [3.05, 3.63) is 119 Å². The number of nitrogens with zero attached hydrogens (tertiary/aromatic N) is 2. The number of ether oxygens (including phenoxy) is 1. The van der Waals surface area contributed by atoms with Crippen LogP contribution >= 0.6 is 0 Å². The fraction of sp³-hybridized carbons (Fsp3) is 0.206. The average molecular weight is 548 g/mol. The second-order valence-corrected chi connectivity index (χ2v) is 10.4. The van der Waals surface area contributed by atoms with Gasteiger partial charge in [0.15, 0.2) is 5.76 Å². The van der Waals surface area contributed by atoms with Gasteiger partial charge < -0.3 is 14.6 Å². The number of aromatic nitrogens is 2. The first-order valence-electron chi connectivity index (χ1n) is 13.8. The molecule has 7 heteroatoms. The summed E-state index contributed by atoms with van der Waals surface area (Å²) in [6.45, 7) is 4.11. The van der Waals surface area contributed by atoms with Gasteiger partial charge in [-0.1, -0.05) is 71.9 Å². The minimum Gasteiger partial charge on any atom is -0.465 e. The second-order valence-electron chi connectivity index (χ2n) is 10.4. The Kier molecular flexibility index (Phi) is 7.10. The molecule has 0 radical (unpaired) electrons. The molecule has 6 nitrogen and oxygen atoms in total. The van der Waals surface area contributed by atoms with Crippen LogP contribution in [0.5, 0.6) is 0 Å². The van der Waals surface area contributed by atoms with Crippen LogP contribution in [-0.4, -0.2) is 22.7 Å². The van der Waals surface area contributed by atoms with Gasteiger partial charge in [-0.05, 0) is 73.2 Å². The minimum atomic E-state index is -0.472. The van der Waals surface area contributed by atoms with Crippen LogP contribution < -0.4 is 5.32 Å². The summed E-state index contributed by atoms with van der Waals surface area (Å²) in [4.78, 5) is 17.2. The van der Waals surface area contributed by atoms with Crippen LogP contribution in [0.3, 0.4) is 0 Å². The van der Waals surface area contributed by atoms with Gasteiger partial charge in [0.2, 0.25) is 0 Å². The molecule has 206 valence electrons. The topological polar surface area (TPSA) is 77.2 Å². The maximum atomic E-state index is 13.6. The molecule has 0 amide bonds. The summed E-state index contributed by atoms with van der Waals surface area (Å²) in [6.07, 6.45) is 2.19. The summed E-state index contributed by atoms with van der Waals surface area (Å²) < 4.78 is 24.6. The minimum absolute atomic E-state index is 0.127. The number of hydrogen-bond acceptors (Lipinski definition) is 6. The molecule has 0 aliphatic heterocycles. The highest BCUT2D eigenvalue weighted by molar-refractivity contribution is 5.87. The summed E-state index contributed by atoms with van der Waals surface area (Å²) in [5.41, 5.74) is 6.67. The summed E-state index contributed by atoms with van der Waals surface area (Å²) in [7, 11) is 0. The highest BCUT2D eigenvalue weighted by Crippen LogP contribution is 2.49. The summed E-state index contributed by atoms with van der Waals surface area (Å²) in [6, 6.07) is 28.5. The number of nitrogens with one attached hydrogen (secondary N) is 1. The number of carbonyl (C=O) groups excluding carboxylic acids is 1. The van der Waals surface area contributed by atoms with E-state index in [9.17, 15) is 9.18 Å². The molecule has 1 N–H and O–H groups in total. The number of carbonyl (C=O) groups is 1. The first-order valence-corrected chi connectivity index (χ1v) is 13.8. The Morgan fingerprint density at radius 3 is 2.32 bits per heavy atom. The quantitative estimate of drug-likeness (QED) is 0.190. The van der Waals surface area contributed by atoms with Gasteiger partial charge in [0.05, 0.1) is 12.0 Å². The average Bonchev–Trinajstić information content (AvgIpc) is 3.72. The van der Waals surface area contributed by atoms with Gasteiger partial charge in [-0.15, -0.1) is 0 Å². The number of benzene rings is 3. The van der Waals surface area contributed by atoms with Crippen LogP contribution in [-0.2, 0) is 21.4 Å². The van der Waals surface area contributed by atoms with E-state index in [-0.39, 0.29) is 11.8 Å². The van der Waals surface area contributed by atoms with Gasteiger partial charge in [-0.2, -0.15) is 0 Å². The Morgan fingerprint density at radius 1 is 0.951 bits per heavy atom. The molecular formula is C34H30FN3O3. The Labute approximate surface area is 238 Å².